The van der Waals surface area contributed by atoms with Crippen LogP contribution in [0.2, 0.25) is 0 Å². The SMILES string of the molecule is CCCCCCCCCCCCCCCC(=O)NCCCC(C(=O)O)N(C)C. The van der Waals surface area contributed by atoms with Crippen LogP contribution in [0, 0.1) is 0 Å². The summed E-state index contributed by atoms with van der Waals surface area (Å²) in [5.41, 5.74) is 0. The molecule has 0 aromatic carbocycles. The molecular weight excluding hydrogens is 352 g/mol. The first-order valence-electron chi connectivity index (χ1n) is 11.6. The summed E-state index contributed by atoms with van der Waals surface area (Å²) in [6, 6.07) is -0.474. The lowest BCUT2D eigenvalue weighted by molar-refractivity contribution is -0.142. The zero-order valence-electron chi connectivity index (χ0n) is 18.8. The molecule has 0 aliphatic rings. The van der Waals surface area contributed by atoms with E-state index in [0.29, 0.717) is 25.8 Å². The number of rotatable bonds is 20. The van der Waals surface area contributed by atoms with Gasteiger partial charge in [-0.2, -0.15) is 0 Å². The van der Waals surface area contributed by atoms with Crippen molar-refractivity contribution >= 4 is 11.9 Å². The van der Waals surface area contributed by atoms with Crippen LogP contribution in [0.5, 0.6) is 0 Å². The van der Waals surface area contributed by atoms with Gasteiger partial charge in [-0.1, -0.05) is 84.0 Å². The molecule has 0 saturated carbocycles. The highest BCUT2D eigenvalue weighted by Crippen LogP contribution is 2.13. The monoisotopic (exact) mass is 398 g/mol. The first kappa shape index (κ1) is 26.9. The van der Waals surface area contributed by atoms with E-state index in [2.05, 4.69) is 12.2 Å². The molecule has 1 amide bonds. The van der Waals surface area contributed by atoms with Crippen molar-refractivity contribution in [3.8, 4) is 0 Å². The van der Waals surface area contributed by atoms with Crippen LogP contribution in [-0.4, -0.2) is 48.6 Å². The molecule has 5 heteroatoms. The number of amides is 1. The molecule has 0 rings (SSSR count). The predicted octanol–water partition coefficient (Wildman–Crippen LogP) is 5.38. The van der Waals surface area contributed by atoms with E-state index >= 15 is 0 Å². The van der Waals surface area contributed by atoms with E-state index in [0.717, 1.165) is 12.8 Å². The summed E-state index contributed by atoms with van der Waals surface area (Å²) < 4.78 is 0. The molecule has 0 bridgehead atoms. The average molecular weight is 399 g/mol. The molecule has 166 valence electrons. The van der Waals surface area contributed by atoms with Crippen molar-refractivity contribution in [2.45, 2.75) is 116 Å². The van der Waals surface area contributed by atoms with Crippen LogP contribution in [0.4, 0.5) is 0 Å². The maximum atomic E-state index is 11.8. The van der Waals surface area contributed by atoms with Gasteiger partial charge in [0.2, 0.25) is 5.91 Å². The largest absolute Gasteiger partial charge is 0.480 e. The Morgan fingerprint density at radius 3 is 1.68 bits per heavy atom. The van der Waals surface area contributed by atoms with Crippen molar-refractivity contribution < 1.29 is 14.7 Å². The first-order valence-corrected chi connectivity index (χ1v) is 11.6. The highest BCUT2D eigenvalue weighted by molar-refractivity contribution is 5.75. The average Bonchev–Trinajstić information content (AvgIpc) is 2.64. The van der Waals surface area contributed by atoms with E-state index < -0.39 is 12.0 Å². The van der Waals surface area contributed by atoms with Crippen molar-refractivity contribution in [1.82, 2.24) is 10.2 Å². The fourth-order valence-electron chi connectivity index (χ4n) is 3.52. The fraction of sp³-hybridized carbons (Fsp3) is 0.913. The molecule has 0 aromatic rings. The molecular formula is C23H46N2O3. The lowest BCUT2D eigenvalue weighted by atomic mass is 10.0. The topological polar surface area (TPSA) is 69.6 Å². The van der Waals surface area contributed by atoms with Crippen LogP contribution in [0.3, 0.4) is 0 Å². The Kier molecular flexibility index (Phi) is 18.5. The van der Waals surface area contributed by atoms with Gasteiger partial charge >= 0.3 is 5.97 Å². The molecule has 2 N–H and O–H groups in total. The van der Waals surface area contributed by atoms with E-state index in [4.69, 9.17) is 5.11 Å². The summed E-state index contributed by atoms with van der Waals surface area (Å²) in [7, 11) is 3.54. The van der Waals surface area contributed by atoms with Gasteiger partial charge in [0.25, 0.3) is 0 Å². The molecule has 0 aromatic heterocycles. The molecule has 0 aliphatic heterocycles. The van der Waals surface area contributed by atoms with Gasteiger partial charge in [0.15, 0.2) is 0 Å². The number of aliphatic carboxylic acids is 1. The molecule has 0 fully saturated rings. The van der Waals surface area contributed by atoms with E-state index in [1.807, 2.05) is 0 Å². The molecule has 0 radical (unpaired) electrons. The number of carboxylic acids is 1. The van der Waals surface area contributed by atoms with E-state index in [9.17, 15) is 9.59 Å². The van der Waals surface area contributed by atoms with Gasteiger partial charge in [-0.3, -0.25) is 14.5 Å². The molecule has 0 saturated heterocycles. The number of hydrogen-bond donors (Lipinski definition) is 2. The zero-order chi connectivity index (χ0) is 21.0. The van der Waals surface area contributed by atoms with E-state index in [1.165, 1.54) is 70.6 Å². The number of nitrogens with one attached hydrogen (secondary N) is 1. The van der Waals surface area contributed by atoms with Gasteiger partial charge < -0.3 is 10.4 Å². The first-order chi connectivity index (χ1) is 13.5. The minimum Gasteiger partial charge on any atom is -0.480 e. The number of carboxylic acid groups (broad SMARTS) is 1. The maximum absolute atomic E-state index is 11.8. The Balaban J connectivity index is 3.36. The van der Waals surface area contributed by atoms with Crippen LogP contribution in [0.25, 0.3) is 0 Å². The Hall–Kier alpha value is -1.10. The lowest BCUT2D eigenvalue weighted by Gasteiger charge is -2.19. The van der Waals surface area contributed by atoms with Crippen molar-refractivity contribution in [2.24, 2.45) is 0 Å². The second kappa shape index (κ2) is 19.2. The normalized spacial score (nSPS) is 12.3. The molecule has 1 atom stereocenters. The standard InChI is InChI=1S/C23H46N2O3/c1-4-5-6-7-8-9-10-11-12-13-14-15-16-19-22(26)24-20-17-18-21(23(27)28)25(2)3/h21H,4-20H2,1-3H3,(H,24,26)(H,27,28). The summed E-state index contributed by atoms with van der Waals surface area (Å²) in [4.78, 5) is 24.6. The highest BCUT2D eigenvalue weighted by atomic mass is 16.4. The third-order valence-corrected chi connectivity index (χ3v) is 5.39. The number of hydrogen-bond acceptors (Lipinski definition) is 3. The predicted molar refractivity (Wildman–Crippen MR) is 118 cm³/mol. The molecule has 1 unspecified atom stereocenters. The molecule has 0 heterocycles. The summed E-state index contributed by atoms with van der Waals surface area (Å²) in [5, 5.41) is 12.0. The summed E-state index contributed by atoms with van der Waals surface area (Å²) in [6.45, 7) is 2.83. The van der Waals surface area contributed by atoms with Gasteiger partial charge in [-0.05, 0) is 33.4 Å². The summed E-state index contributed by atoms with van der Waals surface area (Å²) >= 11 is 0. The number of carbonyl (C=O) groups is 2. The minimum atomic E-state index is -0.802. The highest BCUT2D eigenvalue weighted by Gasteiger charge is 2.18. The van der Waals surface area contributed by atoms with Gasteiger partial charge in [-0.15, -0.1) is 0 Å². The quantitative estimate of drug-likeness (QED) is 0.270. The second-order valence-corrected chi connectivity index (χ2v) is 8.30. The Bertz CT molecular complexity index is 386. The number of likely N-dealkylation sites (N-methyl/N-ethyl adjacent to an activating group) is 1. The third-order valence-electron chi connectivity index (χ3n) is 5.39. The smallest absolute Gasteiger partial charge is 0.320 e. The fourth-order valence-corrected chi connectivity index (χ4v) is 3.52. The van der Waals surface area contributed by atoms with Gasteiger partial charge in [0, 0.05) is 13.0 Å². The second-order valence-electron chi connectivity index (χ2n) is 8.30. The summed E-state index contributed by atoms with van der Waals surface area (Å²) in [5.74, 6) is -0.705. The molecule has 0 spiro atoms. The van der Waals surface area contributed by atoms with Crippen LogP contribution in [-0.2, 0) is 9.59 Å². The third kappa shape index (κ3) is 17.0. The van der Waals surface area contributed by atoms with Crippen molar-refractivity contribution in [3.05, 3.63) is 0 Å². The van der Waals surface area contributed by atoms with Crippen LogP contribution in [0.15, 0.2) is 0 Å². The van der Waals surface area contributed by atoms with Gasteiger partial charge in [0.1, 0.15) is 6.04 Å². The number of unbranched alkanes of at least 4 members (excludes halogenated alkanes) is 12. The van der Waals surface area contributed by atoms with E-state index in [1.54, 1.807) is 19.0 Å². The van der Waals surface area contributed by atoms with Crippen molar-refractivity contribution in [1.29, 1.82) is 0 Å². The molecule has 5 nitrogen and oxygen atoms in total. The Morgan fingerprint density at radius 2 is 1.25 bits per heavy atom. The Labute approximate surface area is 173 Å². The Morgan fingerprint density at radius 1 is 0.786 bits per heavy atom. The van der Waals surface area contributed by atoms with Crippen molar-refractivity contribution in [3.63, 3.8) is 0 Å². The minimum absolute atomic E-state index is 0.0970. The number of carbonyl (C=O) groups excluding carboxylic acids is 1. The van der Waals surface area contributed by atoms with Crippen molar-refractivity contribution in [2.75, 3.05) is 20.6 Å². The van der Waals surface area contributed by atoms with E-state index in [-0.39, 0.29) is 5.91 Å². The van der Waals surface area contributed by atoms with Crippen LogP contribution >= 0.6 is 0 Å². The zero-order valence-corrected chi connectivity index (χ0v) is 18.8. The van der Waals surface area contributed by atoms with Crippen LogP contribution < -0.4 is 5.32 Å². The van der Waals surface area contributed by atoms with Gasteiger partial charge in [-0.25, -0.2) is 0 Å². The molecule has 0 aliphatic carbocycles. The molecule has 28 heavy (non-hydrogen) atoms. The maximum Gasteiger partial charge on any atom is 0.320 e. The summed E-state index contributed by atoms with van der Waals surface area (Å²) in [6.07, 6.45) is 18.8. The number of nitrogens with zero attached hydrogens (tertiary/aromatic N) is 1. The van der Waals surface area contributed by atoms with Crippen LogP contribution in [0.1, 0.15) is 110 Å². The van der Waals surface area contributed by atoms with Gasteiger partial charge in [0.05, 0.1) is 0 Å². The lowest BCUT2D eigenvalue weighted by Crippen LogP contribution is -2.36.